The molecule has 96 valence electrons. The molecule has 1 heterocycles. The van der Waals surface area contributed by atoms with Gasteiger partial charge >= 0.3 is 0 Å². The van der Waals surface area contributed by atoms with E-state index in [1.807, 2.05) is 0 Å². The maximum Gasteiger partial charge on any atom is 0.0459 e. The topological polar surface area (TPSA) is 41.8 Å². The Hall–Kier alpha value is -1.28. The average Bonchev–Trinajstić information content (AvgIpc) is 2.76. The number of hydrogen-bond acceptors (Lipinski definition) is 1. The predicted octanol–water partition coefficient (Wildman–Crippen LogP) is 3.50. The van der Waals surface area contributed by atoms with E-state index in [0.29, 0.717) is 5.92 Å². The van der Waals surface area contributed by atoms with Crippen LogP contribution < -0.4 is 5.73 Å². The molecule has 2 heteroatoms. The van der Waals surface area contributed by atoms with Crippen LogP contribution in [0.2, 0.25) is 0 Å². The molecule has 1 unspecified atom stereocenters. The first-order valence-corrected chi connectivity index (χ1v) is 7.13. The standard InChI is InChI=1S/C16H22N2/c1-11(8-9-17)12-6-7-16-14(10-12)13-4-2-3-5-15(13)18-16/h6-7,10-11,18H,2-5,8-9,17H2,1H3. The van der Waals surface area contributed by atoms with Gasteiger partial charge in [0, 0.05) is 16.6 Å². The first-order chi connectivity index (χ1) is 8.79. The van der Waals surface area contributed by atoms with Gasteiger partial charge in [-0.15, -0.1) is 0 Å². The second-order valence-corrected chi connectivity index (χ2v) is 5.57. The molecule has 1 aliphatic rings. The third-order valence-electron chi connectivity index (χ3n) is 4.29. The second kappa shape index (κ2) is 4.77. The molecule has 0 radical (unpaired) electrons. The maximum atomic E-state index is 5.66. The van der Waals surface area contributed by atoms with E-state index in [2.05, 4.69) is 30.1 Å². The van der Waals surface area contributed by atoms with Crippen LogP contribution >= 0.6 is 0 Å². The Kier molecular flexibility index (Phi) is 3.13. The lowest BCUT2D eigenvalue weighted by atomic mass is 9.92. The molecule has 2 nitrogen and oxygen atoms in total. The first kappa shape index (κ1) is 11.8. The SMILES string of the molecule is CC(CCN)c1ccc2[nH]c3c(c2c1)CCCC3. The molecule has 2 aromatic rings. The molecule has 0 aliphatic heterocycles. The van der Waals surface area contributed by atoms with E-state index in [1.165, 1.54) is 47.8 Å². The summed E-state index contributed by atoms with van der Waals surface area (Å²) in [5, 5.41) is 1.45. The van der Waals surface area contributed by atoms with Gasteiger partial charge in [-0.05, 0) is 67.8 Å². The molecular weight excluding hydrogens is 220 g/mol. The minimum absolute atomic E-state index is 0.563. The molecule has 1 aromatic heterocycles. The normalized spacial score (nSPS) is 16.8. The zero-order valence-electron chi connectivity index (χ0n) is 11.1. The smallest absolute Gasteiger partial charge is 0.0459 e. The van der Waals surface area contributed by atoms with E-state index >= 15 is 0 Å². The van der Waals surface area contributed by atoms with Crippen molar-refractivity contribution in [2.75, 3.05) is 6.54 Å². The number of benzene rings is 1. The minimum Gasteiger partial charge on any atom is -0.358 e. The molecule has 1 aromatic carbocycles. The third-order valence-corrected chi connectivity index (χ3v) is 4.29. The monoisotopic (exact) mass is 242 g/mol. The summed E-state index contributed by atoms with van der Waals surface area (Å²) >= 11 is 0. The zero-order valence-corrected chi connectivity index (χ0v) is 11.1. The molecule has 1 atom stereocenters. The number of aromatic amines is 1. The van der Waals surface area contributed by atoms with Crippen LogP contribution in [0.3, 0.4) is 0 Å². The quantitative estimate of drug-likeness (QED) is 0.850. The number of aryl methyl sites for hydroxylation is 2. The van der Waals surface area contributed by atoms with Crippen molar-refractivity contribution in [2.24, 2.45) is 5.73 Å². The van der Waals surface area contributed by atoms with Gasteiger partial charge in [-0.3, -0.25) is 0 Å². The fourth-order valence-corrected chi connectivity index (χ4v) is 3.15. The Bertz CT molecular complexity index is 553. The average molecular weight is 242 g/mol. The highest BCUT2D eigenvalue weighted by Gasteiger charge is 2.16. The minimum atomic E-state index is 0.563. The van der Waals surface area contributed by atoms with Crippen molar-refractivity contribution >= 4 is 10.9 Å². The number of aromatic nitrogens is 1. The van der Waals surface area contributed by atoms with E-state index in [0.717, 1.165) is 13.0 Å². The van der Waals surface area contributed by atoms with Crippen LogP contribution in [-0.2, 0) is 12.8 Å². The highest BCUT2D eigenvalue weighted by atomic mass is 14.7. The maximum absolute atomic E-state index is 5.66. The van der Waals surface area contributed by atoms with E-state index in [9.17, 15) is 0 Å². The van der Waals surface area contributed by atoms with Crippen molar-refractivity contribution in [1.29, 1.82) is 0 Å². The van der Waals surface area contributed by atoms with Gasteiger partial charge in [-0.1, -0.05) is 13.0 Å². The van der Waals surface area contributed by atoms with Crippen LogP contribution in [0, 0.1) is 0 Å². The van der Waals surface area contributed by atoms with Gasteiger partial charge in [0.25, 0.3) is 0 Å². The number of nitrogens with two attached hydrogens (primary N) is 1. The van der Waals surface area contributed by atoms with E-state index in [4.69, 9.17) is 5.73 Å². The third kappa shape index (κ3) is 1.95. The molecule has 0 spiro atoms. The van der Waals surface area contributed by atoms with Crippen molar-refractivity contribution in [2.45, 2.75) is 44.9 Å². The van der Waals surface area contributed by atoms with Crippen molar-refractivity contribution in [3.63, 3.8) is 0 Å². The van der Waals surface area contributed by atoms with Gasteiger partial charge in [0.2, 0.25) is 0 Å². The van der Waals surface area contributed by atoms with Gasteiger partial charge < -0.3 is 10.7 Å². The van der Waals surface area contributed by atoms with E-state index < -0.39 is 0 Å². The number of rotatable bonds is 3. The van der Waals surface area contributed by atoms with Crippen molar-refractivity contribution in [1.82, 2.24) is 4.98 Å². The molecule has 3 N–H and O–H groups in total. The molecule has 0 saturated heterocycles. The van der Waals surface area contributed by atoms with Crippen LogP contribution in [0.5, 0.6) is 0 Å². The molecule has 3 rings (SSSR count). The van der Waals surface area contributed by atoms with Crippen molar-refractivity contribution < 1.29 is 0 Å². The Labute approximate surface area is 109 Å². The van der Waals surface area contributed by atoms with Gasteiger partial charge in [0.05, 0.1) is 0 Å². The Morgan fingerprint density at radius 2 is 2.11 bits per heavy atom. The van der Waals surface area contributed by atoms with Crippen LogP contribution in [0.1, 0.15) is 48.9 Å². The van der Waals surface area contributed by atoms with Crippen molar-refractivity contribution in [3.05, 3.63) is 35.0 Å². The lowest BCUT2D eigenvalue weighted by molar-refractivity contribution is 0.679. The van der Waals surface area contributed by atoms with Gasteiger partial charge in [0.15, 0.2) is 0 Å². The van der Waals surface area contributed by atoms with Crippen LogP contribution in [-0.4, -0.2) is 11.5 Å². The summed E-state index contributed by atoms with van der Waals surface area (Å²) in [7, 11) is 0. The molecule has 1 aliphatic carbocycles. The summed E-state index contributed by atoms with van der Waals surface area (Å²) in [5.74, 6) is 0.563. The first-order valence-electron chi connectivity index (χ1n) is 7.13. The molecule has 0 saturated carbocycles. The summed E-state index contributed by atoms with van der Waals surface area (Å²) in [6.07, 6.45) is 6.19. The fraction of sp³-hybridized carbons (Fsp3) is 0.500. The summed E-state index contributed by atoms with van der Waals surface area (Å²) in [6.45, 7) is 3.04. The zero-order chi connectivity index (χ0) is 12.5. The van der Waals surface area contributed by atoms with E-state index in [-0.39, 0.29) is 0 Å². The fourth-order valence-electron chi connectivity index (χ4n) is 3.15. The Morgan fingerprint density at radius 3 is 2.94 bits per heavy atom. The summed E-state index contributed by atoms with van der Waals surface area (Å²) in [4.78, 5) is 3.59. The number of H-pyrrole nitrogens is 1. The number of hydrogen-bond donors (Lipinski definition) is 2. The molecule has 0 amide bonds. The van der Waals surface area contributed by atoms with Gasteiger partial charge in [0.1, 0.15) is 0 Å². The number of fused-ring (bicyclic) bond motifs is 3. The molecule has 0 bridgehead atoms. The van der Waals surface area contributed by atoms with E-state index in [1.54, 1.807) is 5.56 Å². The summed E-state index contributed by atoms with van der Waals surface area (Å²) in [6, 6.07) is 6.89. The Morgan fingerprint density at radius 1 is 1.28 bits per heavy atom. The van der Waals surface area contributed by atoms with Gasteiger partial charge in [-0.2, -0.15) is 0 Å². The second-order valence-electron chi connectivity index (χ2n) is 5.57. The lowest BCUT2D eigenvalue weighted by Crippen LogP contribution is -2.04. The largest absolute Gasteiger partial charge is 0.358 e. The summed E-state index contributed by atoms with van der Waals surface area (Å²) < 4.78 is 0. The highest BCUT2D eigenvalue weighted by Crippen LogP contribution is 2.31. The molecule has 0 fully saturated rings. The Balaban J connectivity index is 2.05. The van der Waals surface area contributed by atoms with Crippen LogP contribution in [0.4, 0.5) is 0 Å². The highest BCUT2D eigenvalue weighted by molar-refractivity contribution is 5.85. The predicted molar refractivity (Wildman–Crippen MR) is 77.0 cm³/mol. The summed E-state index contributed by atoms with van der Waals surface area (Å²) in [5.41, 5.74) is 11.4. The molecule has 18 heavy (non-hydrogen) atoms. The lowest BCUT2D eigenvalue weighted by Gasteiger charge is -2.12. The molecular formula is C16H22N2. The van der Waals surface area contributed by atoms with Crippen molar-refractivity contribution in [3.8, 4) is 0 Å². The van der Waals surface area contributed by atoms with Gasteiger partial charge in [-0.25, -0.2) is 0 Å². The van der Waals surface area contributed by atoms with Crippen LogP contribution in [0.25, 0.3) is 10.9 Å². The number of nitrogens with one attached hydrogen (secondary N) is 1. The van der Waals surface area contributed by atoms with Crippen LogP contribution in [0.15, 0.2) is 18.2 Å².